The number of nitrogens with zero attached hydrogens (tertiary/aromatic N) is 1. The van der Waals surface area contributed by atoms with E-state index in [2.05, 4.69) is 10.0 Å². The Morgan fingerprint density at radius 2 is 1.50 bits per heavy atom. The van der Waals surface area contributed by atoms with E-state index < -0.39 is 38.3 Å². The van der Waals surface area contributed by atoms with E-state index in [0.29, 0.717) is 0 Å². The van der Waals surface area contributed by atoms with Crippen LogP contribution >= 0.6 is 0 Å². The topological polar surface area (TPSA) is 122 Å². The van der Waals surface area contributed by atoms with Gasteiger partial charge in [-0.05, 0) is 60.7 Å². The maximum Gasteiger partial charge on any atom is 0.261 e. The largest absolute Gasteiger partial charge is 0.495 e. The molecule has 0 radical (unpaired) electrons. The number of methoxy groups -OCH3 is 1. The van der Waals surface area contributed by atoms with E-state index in [1.807, 2.05) is 0 Å². The average Bonchev–Trinajstić information content (AvgIpc) is 2.78. The van der Waals surface area contributed by atoms with Gasteiger partial charge in [0.15, 0.2) is 0 Å². The van der Waals surface area contributed by atoms with Crippen LogP contribution in [0.15, 0.2) is 77.7 Å². The van der Waals surface area contributed by atoms with Crippen molar-refractivity contribution in [3.8, 4) is 5.75 Å². The number of nitrogens with one attached hydrogen (secondary N) is 2. The molecule has 1 amide bonds. The number of halogens is 1. The van der Waals surface area contributed by atoms with Crippen LogP contribution in [-0.2, 0) is 24.8 Å². The molecule has 0 aliphatic heterocycles. The lowest BCUT2D eigenvalue weighted by molar-refractivity contribution is -0.114. The lowest BCUT2D eigenvalue weighted by atomic mass is 10.3. The first-order valence-electron chi connectivity index (χ1n) is 9.78. The Hall–Kier alpha value is -3.64. The molecule has 0 atom stereocenters. The van der Waals surface area contributed by atoms with Crippen LogP contribution in [0, 0.1) is 5.82 Å². The Labute approximate surface area is 197 Å². The molecule has 0 bridgehead atoms. The van der Waals surface area contributed by atoms with Crippen LogP contribution in [-0.4, -0.2) is 42.7 Å². The predicted octanol–water partition coefficient (Wildman–Crippen LogP) is 3.04. The second kappa shape index (κ2) is 10.1. The summed E-state index contributed by atoms with van der Waals surface area (Å²) in [6, 6.07) is 16.5. The van der Waals surface area contributed by atoms with Gasteiger partial charge in [0.25, 0.3) is 10.0 Å². The minimum absolute atomic E-state index is 0.0818. The molecular weight excluding hydrogens is 485 g/mol. The van der Waals surface area contributed by atoms with Gasteiger partial charge in [-0.15, -0.1) is 0 Å². The molecule has 0 aromatic heterocycles. The van der Waals surface area contributed by atoms with E-state index in [1.54, 1.807) is 18.2 Å². The second-order valence-electron chi connectivity index (χ2n) is 7.13. The van der Waals surface area contributed by atoms with E-state index >= 15 is 0 Å². The molecule has 2 N–H and O–H groups in total. The van der Waals surface area contributed by atoms with E-state index in [4.69, 9.17) is 4.74 Å². The molecule has 0 unspecified atom stereocenters. The fourth-order valence-corrected chi connectivity index (χ4v) is 4.92. The number of carbonyl (C=O) groups is 1. The number of rotatable bonds is 9. The number of hydrogen-bond donors (Lipinski definition) is 2. The third kappa shape index (κ3) is 6.23. The summed E-state index contributed by atoms with van der Waals surface area (Å²) in [6.07, 6.45) is 0.973. The Bertz CT molecular complexity index is 1380. The molecule has 0 aliphatic carbocycles. The van der Waals surface area contributed by atoms with Crippen LogP contribution in [0.4, 0.5) is 21.5 Å². The Morgan fingerprint density at radius 3 is 2.09 bits per heavy atom. The minimum Gasteiger partial charge on any atom is -0.495 e. The maximum atomic E-state index is 13.0. The Kier molecular flexibility index (Phi) is 7.42. The number of hydrogen-bond acceptors (Lipinski definition) is 6. The summed E-state index contributed by atoms with van der Waals surface area (Å²) in [5.74, 6) is -0.858. The number of para-hydroxylation sites is 2. The summed E-state index contributed by atoms with van der Waals surface area (Å²) in [5, 5.41) is 2.54. The van der Waals surface area contributed by atoms with Crippen molar-refractivity contribution < 1.29 is 30.8 Å². The highest BCUT2D eigenvalue weighted by Crippen LogP contribution is 2.29. The minimum atomic E-state index is -3.94. The maximum absolute atomic E-state index is 13.0. The van der Waals surface area contributed by atoms with Crippen LogP contribution in [0.2, 0.25) is 0 Å². The summed E-state index contributed by atoms with van der Waals surface area (Å²) in [5.41, 5.74) is 0.658. The molecule has 34 heavy (non-hydrogen) atoms. The molecule has 0 aliphatic rings. The van der Waals surface area contributed by atoms with Gasteiger partial charge in [-0.3, -0.25) is 13.8 Å². The number of carbonyl (C=O) groups excluding carboxylic acids is 1. The summed E-state index contributed by atoms with van der Waals surface area (Å²) >= 11 is 0. The zero-order valence-electron chi connectivity index (χ0n) is 18.2. The zero-order valence-corrected chi connectivity index (χ0v) is 19.9. The Morgan fingerprint density at radius 1 is 0.912 bits per heavy atom. The van der Waals surface area contributed by atoms with Crippen molar-refractivity contribution in [2.75, 3.05) is 34.3 Å². The van der Waals surface area contributed by atoms with Crippen molar-refractivity contribution in [3.63, 3.8) is 0 Å². The van der Waals surface area contributed by atoms with Gasteiger partial charge in [0, 0.05) is 11.4 Å². The average molecular weight is 508 g/mol. The lowest BCUT2D eigenvalue weighted by Gasteiger charge is -2.23. The van der Waals surface area contributed by atoms with Crippen LogP contribution in [0.1, 0.15) is 0 Å². The standard InChI is InChI=1S/C22H22FN3O6S2/c1-32-21-6-4-3-5-20(21)26(33(2,28)29)15-22(27)24-17-11-13-19(14-12-17)34(30,31)25-18-9-7-16(23)8-10-18/h3-14,25H,15H2,1-2H3,(H,24,27). The highest BCUT2D eigenvalue weighted by atomic mass is 32.2. The van der Waals surface area contributed by atoms with Gasteiger partial charge < -0.3 is 10.1 Å². The number of amides is 1. The van der Waals surface area contributed by atoms with Crippen LogP contribution < -0.4 is 19.1 Å². The van der Waals surface area contributed by atoms with Gasteiger partial charge in [0.2, 0.25) is 15.9 Å². The van der Waals surface area contributed by atoms with Crippen molar-refractivity contribution in [2.45, 2.75) is 4.90 Å². The number of sulfonamides is 2. The molecule has 0 saturated carbocycles. The van der Waals surface area contributed by atoms with Crippen LogP contribution in [0.25, 0.3) is 0 Å². The van der Waals surface area contributed by atoms with E-state index in [-0.39, 0.29) is 27.7 Å². The summed E-state index contributed by atoms with van der Waals surface area (Å²) in [4.78, 5) is 12.5. The lowest BCUT2D eigenvalue weighted by Crippen LogP contribution is -2.37. The van der Waals surface area contributed by atoms with Gasteiger partial charge in [-0.2, -0.15) is 0 Å². The predicted molar refractivity (Wildman–Crippen MR) is 127 cm³/mol. The smallest absolute Gasteiger partial charge is 0.261 e. The monoisotopic (exact) mass is 507 g/mol. The van der Waals surface area contributed by atoms with Gasteiger partial charge in [0.05, 0.1) is 23.9 Å². The summed E-state index contributed by atoms with van der Waals surface area (Å²) in [7, 11) is -6.37. The molecule has 0 fully saturated rings. The van der Waals surface area contributed by atoms with Gasteiger partial charge in [0.1, 0.15) is 18.1 Å². The van der Waals surface area contributed by atoms with Crippen molar-refractivity contribution in [1.82, 2.24) is 0 Å². The first kappa shape index (κ1) is 25.0. The van der Waals surface area contributed by atoms with Crippen molar-refractivity contribution >= 4 is 43.0 Å². The first-order chi connectivity index (χ1) is 16.0. The molecule has 9 nitrogen and oxygen atoms in total. The van der Waals surface area contributed by atoms with E-state index in [1.165, 1.54) is 49.6 Å². The molecule has 3 rings (SSSR count). The molecule has 0 saturated heterocycles. The van der Waals surface area contributed by atoms with Gasteiger partial charge in [-0.1, -0.05) is 12.1 Å². The number of anilines is 3. The van der Waals surface area contributed by atoms with Crippen molar-refractivity contribution in [2.24, 2.45) is 0 Å². The van der Waals surface area contributed by atoms with Crippen LogP contribution in [0.3, 0.4) is 0 Å². The SMILES string of the molecule is COc1ccccc1N(CC(=O)Nc1ccc(S(=O)(=O)Nc2ccc(F)cc2)cc1)S(C)(=O)=O. The van der Waals surface area contributed by atoms with Gasteiger partial charge >= 0.3 is 0 Å². The summed E-state index contributed by atoms with van der Waals surface area (Å²) < 4.78 is 71.1. The number of benzene rings is 3. The summed E-state index contributed by atoms with van der Waals surface area (Å²) in [6.45, 7) is -0.522. The third-order valence-corrected chi connectivity index (χ3v) is 7.11. The normalized spacial score (nSPS) is 11.5. The highest BCUT2D eigenvalue weighted by molar-refractivity contribution is 7.92. The van der Waals surface area contributed by atoms with Crippen LogP contribution in [0.5, 0.6) is 5.75 Å². The molecule has 12 heteroatoms. The fraction of sp³-hybridized carbons (Fsp3) is 0.136. The van der Waals surface area contributed by atoms with E-state index in [0.717, 1.165) is 22.7 Å². The van der Waals surface area contributed by atoms with Gasteiger partial charge in [-0.25, -0.2) is 21.2 Å². The first-order valence-corrected chi connectivity index (χ1v) is 13.1. The third-order valence-electron chi connectivity index (χ3n) is 4.59. The Balaban J connectivity index is 1.73. The second-order valence-corrected chi connectivity index (χ2v) is 10.7. The molecule has 180 valence electrons. The number of ether oxygens (including phenoxy) is 1. The van der Waals surface area contributed by atoms with E-state index in [9.17, 15) is 26.0 Å². The molecule has 0 spiro atoms. The quantitative estimate of drug-likeness (QED) is 0.459. The molecular formula is C22H22FN3O6S2. The molecule has 3 aromatic rings. The molecule has 0 heterocycles. The van der Waals surface area contributed by atoms with Crippen molar-refractivity contribution in [3.05, 3.63) is 78.6 Å². The zero-order chi connectivity index (χ0) is 24.9. The highest BCUT2D eigenvalue weighted by Gasteiger charge is 2.24. The van der Waals surface area contributed by atoms with Crippen molar-refractivity contribution in [1.29, 1.82) is 0 Å². The fourth-order valence-electron chi connectivity index (χ4n) is 3.00. The molecule has 3 aromatic carbocycles.